The van der Waals surface area contributed by atoms with Gasteiger partial charge in [0.1, 0.15) is 0 Å². The van der Waals surface area contributed by atoms with Gasteiger partial charge in [0.2, 0.25) is 5.78 Å². The minimum absolute atomic E-state index is 0.0391. The van der Waals surface area contributed by atoms with Crippen molar-refractivity contribution in [1.82, 2.24) is 19.7 Å². The summed E-state index contributed by atoms with van der Waals surface area (Å²) in [6, 6.07) is 2.00. The maximum absolute atomic E-state index is 7.57. The number of hydrogen-bond acceptors (Lipinski definition) is 3. The van der Waals surface area contributed by atoms with E-state index in [0.29, 0.717) is 5.78 Å². The van der Waals surface area contributed by atoms with Crippen LogP contribution in [0.1, 0.15) is 41.2 Å². The van der Waals surface area contributed by atoms with Gasteiger partial charge in [-0.2, -0.15) is 0 Å². The maximum Gasteiger partial charge on any atom is 0.234 e. The van der Waals surface area contributed by atoms with Crippen LogP contribution >= 0.6 is 0 Å². The van der Waals surface area contributed by atoms with Crippen LogP contribution < -0.4 is 5.32 Å². The van der Waals surface area contributed by atoms with E-state index >= 15 is 0 Å². The van der Waals surface area contributed by atoms with Gasteiger partial charge in [0, 0.05) is 29.6 Å². The molecule has 0 radical (unpaired) electrons. The summed E-state index contributed by atoms with van der Waals surface area (Å²) >= 11 is 0. The normalized spacial score (nSPS) is 22.1. The van der Waals surface area contributed by atoms with Crippen LogP contribution in [0.3, 0.4) is 0 Å². The molecule has 0 aliphatic carbocycles. The first-order valence-corrected chi connectivity index (χ1v) is 6.58. The summed E-state index contributed by atoms with van der Waals surface area (Å²) in [4.78, 5) is 8.70. The van der Waals surface area contributed by atoms with E-state index < -0.39 is 0 Å². The molecule has 0 atom stereocenters. The number of hydrogen-bond donors (Lipinski definition) is 1. The standard InChI is InChI=1S/C15H20N4/c1-14(2)9-11(10-15(3,4)18-14)12-5-7-19-8-6-16-13(19)17-12/h5-9,18H,10H2,1-4H3/i6D. The molecule has 4 heteroatoms. The highest BCUT2D eigenvalue weighted by Crippen LogP contribution is 2.32. The van der Waals surface area contributed by atoms with E-state index in [9.17, 15) is 0 Å². The summed E-state index contributed by atoms with van der Waals surface area (Å²) in [6.07, 6.45) is 6.99. The van der Waals surface area contributed by atoms with Crippen LogP contribution in [0.25, 0.3) is 11.4 Å². The molecule has 0 aromatic carbocycles. The van der Waals surface area contributed by atoms with Crippen LogP contribution in [0.2, 0.25) is 0 Å². The van der Waals surface area contributed by atoms with E-state index in [2.05, 4.69) is 49.1 Å². The Kier molecular flexibility index (Phi) is 2.30. The van der Waals surface area contributed by atoms with Gasteiger partial charge in [0.15, 0.2) is 0 Å². The summed E-state index contributed by atoms with van der Waals surface area (Å²) in [5.74, 6) is 0.586. The second-order valence-electron chi connectivity index (χ2n) is 6.47. The summed E-state index contributed by atoms with van der Waals surface area (Å²) in [7, 11) is 0. The van der Waals surface area contributed by atoms with Crippen molar-refractivity contribution in [1.29, 1.82) is 0 Å². The third-order valence-electron chi connectivity index (χ3n) is 3.36. The smallest absolute Gasteiger partial charge is 0.234 e. The minimum atomic E-state index is -0.0547. The molecule has 3 heterocycles. The second-order valence-corrected chi connectivity index (χ2v) is 6.47. The van der Waals surface area contributed by atoms with Gasteiger partial charge in [-0.1, -0.05) is 6.08 Å². The van der Waals surface area contributed by atoms with Gasteiger partial charge in [0.25, 0.3) is 0 Å². The fraction of sp³-hybridized carbons (Fsp3) is 0.467. The number of imidazole rings is 1. The predicted octanol–water partition coefficient (Wildman–Crippen LogP) is 2.66. The van der Waals surface area contributed by atoms with E-state index in [1.165, 1.54) is 5.57 Å². The first kappa shape index (κ1) is 11.2. The molecule has 1 aliphatic heterocycles. The first-order valence-electron chi connectivity index (χ1n) is 7.08. The lowest BCUT2D eigenvalue weighted by Gasteiger charge is -2.41. The third-order valence-corrected chi connectivity index (χ3v) is 3.36. The summed E-state index contributed by atoms with van der Waals surface area (Å²) in [5, 5.41) is 3.62. The van der Waals surface area contributed by atoms with Crippen LogP contribution in [0.4, 0.5) is 0 Å². The first-order chi connectivity index (χ1) is 9.24. The molecular formula is C15H20N4. The Labute approximate surface area is 115 Å². The molecule has 1 aliphatic rings. The van der Waals surface area contributed by atoms with Gasteiger partial charge < -0.3 is 5.32 Å². The number of aromatic nitrogens is 3. The Morgan fingerprint density at radius 3 is 2.84 bits per heavy atom. The lowest BCUT2D eigenvalue weighted by molar-refractivity contribution is 0.297. The van der Waals surface area contributed by atoms with E-state index in [0.717, 1.165) is 12.1 Å². The molecule has 2 aromatic rings. The molecule has 1 N–H and O–H groups in total. The highest BCUT2D eigenvalue weighted by atomic mass is 15.1. The Morgan fingerprint density at radius 2 is 2.11 bits per heavy atom. The van der Waals surface area contributed by atoms with Crippen molar-refractivity contribution < 1.29 is 1.37 Å². The van der Waals surface area contributed by atoms with Gasteiger partial charge in [-0.3, -0.25) is 4.40 Å². The quantitative estimate of drug-likeness (QED) is 0.854. The highest BCUT2D eigenvalue weighted by Gasteiger charge is 2.32. The summed E-state index contributed by atoms with van der Waals surface area (Å²) < 4.78 is 9.35. The SMILES string of the molecule is [2H]c1cn2ccc(C3=CC(C)(C)NC(C)(C)C3)nc2n1. The topological polar surface area (TPSA) is 42.2 Å². The summed E-state index contributed by atoms with van der Waals surface area (Å²) in [6.45, 7) is 8.75. The van der Waals surface area contributed by atoms with Crippen molar-refractivity contribution in [2.45, 2.75) is 45.2 Å². The fourth-order valence-electron chi connectivity index (χ4n) is 3.01. The zero-order valence-electron chi connectivity index (χ0n) is 12.9. The fourth-order valence-corrected chi connectivity index (χ4v) is 3.01. The van der Waals surface area contributed by atoms with E-state index in [-0.39, 0.29) is 17.3 Å². The number of nitrogens with one attached hydrogen (secondary N) is 1. The Morgan fingerprint density at radius 1 is 1.32 bits per heavy atom. The molecular weight excluding hydrogens is 236 g/mol. The van der Waals surface area contributed by atoms with Gasteiger partial charge in [0.05, 0.1) is 7.06 Å². The molecule has 0 unspecified atom stereocenters. The van der Waals surface area contributed by atoms with Crippen LogP contribution in [0, 0.1) is 0 Å². The minimum Gasteiger partial charge on any atom is -0.303 e. The number of nitrogens with zero attached hydrogens (tertiary/aromatic N) is 3. The van der Waals surface area contributed by atoms with Gasteiger partial charge >= 0.3 is 0 Å². The lowest BCUT2D eigenvalue weighted by Crippen LogP contribution is -2.53. The zero-order chi connectivity index (χ0) is 14.5. The van der Waals surface area contributed by atoms with E-state index in [4.69, 9.17) is 1.37 Å². The molecule has 0 bridgehead atoms. The van der Waals surface area contributed by atoms with Crippen LogP contribution in [0.5, 0.6) is 0 Å². The van der Waals surface area contributed by atoms with Crippen molar-refractivity contribution >= 4 is 11.4 Å². The predicted molar refractivity (Wildman–Crippen MR) is 76.9 cm³/mol. The van der Waals surface area contributed by atoms with Gasteiger partial charge in [-0.15, -0.1) is 0 Å². The number of fused-ring (bicyclic) bond motifs is 1. The monoisotopic (exact) mass is 257 g/mol. The van der Waals surface area contributed by atoms with Crippen LogP contribution in [-0.2, 0) is 0 Å². The lowest BCUT2D eigenvalue weighted by atomic mass is 9.82. The van der Waals surface area contributed by atoms with Crippen LogP contribution in [-0.4, -0.2) is 25.4 Å². The van der Waals surface area contributed by atoms with Crippen molar-refractivity contribution in [3.63, 3.8) is 0 Å². The Hall–Kier alpha value is -1.68. The average molecular weight is 257 g/mol. The molecule has 0 fully saturated rings. The van der Waals surface area contributed by atoms with Crippen molar-refractivity contribution in [2.75, 3.05) is 0 Å². The molecule has 100 valence electrons. The molecule has 0 spiro atoms. The van der Waals surface area contributed by atoms with Crippen molar-refractivity contribution in [3.05, 3.63) is 36.4 Å². The molecule has 0 saturated heterocycles. The third kappa shape index (κ3) is 2.40. The maximum atomic E-state index is 7.57. The van der Waals surface area contributed by atoms with Crippen molar-refractivity contribution in [2.24, 2.45) is 0 Å². The van der Waals surface area contributed by atoms with Crippen molar-refractivity contribution in [3.8, 4) is 0 Å². The average Bonchev–Trinajstić information content (AvgIpc) is 2.63. The molecule has 2 aromatic heterocycles. The van der Waals surface area contributed by atoms with Gasteiger partial charge in [-0.05, 0) is 45.8 Å². The van der Waals surface area contributed by atoms with E-state index in [1.54, 1.807) is 10.6 Å². The Bertz CT molecular complexity index is 697. The van der Waals surface area contributed by atoms with E-state index in [1.807, 2.05) is 12.3 Å². The van der Waals surface area contributed by atoms with Gasteiger partial charge in [-0.25, -0.2) is 9.97 Å². The molecule has 4 nitrogen and oxygen atoms in total. The van der Waals surface area contributed by atoms with Crippen LogP contribution in [0.15, 0.2) is 30.7 Å². The molecule has 3 rings (SSSR count). The largest absolute Gasteiger partial charge is 0.303 e. The second kappa shape index (κ2) is 3.90. The highest BCUT2D eigenvalue weighted by molar-refractivity contribution is 5.67. The zero-order valence-corrected chi connectivity index (χ0v) is 11.9. The number of rotatable bonds is 1. The molecule has 0 amide bonds. The molecule has 0 saturated carbocycles. The molecule has 19 heavy (non-hydrogen) atoms. The Balaban J connectivity index is 2.07. The summed E-state index contributed by atoms with van der Waals surface area (Å²) in [5.41, 5.74) is 2.17.